The quantitative estimate of drug-likeness (QED) is 0.344. The highest BCUT2D eigenvalue weighted by molar-refractivity contribution is 6.09. The molecule has 0 unspecified atom stereocenters. The number of benzene rings is 1. The number of H-pyrrole nitrogens is 1. The van der Waals surface area contributed by atoms with Crippen molar-refractivity contribution in [3.8, 4) is 0 Å². The zero-order chi connectivity index (χ0) is 19.1. The van der Waals surface area contributed by atoms with Crippen LogP contribution in [-0.2, 0) is 14.3 Å². The van der Waals surface area contributed by atoms with E-state index in [4.69, 9.17) is 0 Å². The summed E-state index contributed by atoms with van der Waals surface area (Å²) in [4.78, 5) is 38.0. The molecule has 0 amide bonds. The molecule has 0 bridgehead atoms. The third kappa shape index (κ3) is 5.01. The van der Waals surface area contributed by atoms with Crippen molar-refractivity contribution >= 4 is 23.6 Å². The smallest absolute Gasteiger partial charge is 0.373 e. The summed E-state index contributed by atoms with van der Waals surface area (Å²) in [6.45, 7) is 1.65. The molecule has 0 saturated heterocycles. The number of halogens is 1. The van der Waals surface area contributed by atoms with Crippen molar-refractivity contribution in [1.29, 1.82) is 0 Å². The van der Waals surface area contributed by atoms with Crippen molar-refractivity contribution in [3.63, 3.8) is 0 Å². The van der Waals surface area contributed by atoms with Crippen LogP contribution in [0.1, 0.15) is 28.5 Å². The molecule has 0 aliphatic rings. The Morgan fingerprint density at radius 3 is 2.54 bits per heavy atom. The summed E-state index contributed by atoms with van der Waals surface area (Å²) in [6, 6.07) is 6.67. The second-order valence-corrected chi connectivity index (χ2v) is 5.17. The number of aliphatic hydroxyl groups is 1. The molecule has 2 aromatic rings. The lowest BCUT2D eigenvalue weighted by Crippen LogP contribution is -2.08. The molecule has 0 radical (unpaired) electrons. The molecule has 2 rings (SSSR count). The topological polar surface area (TPSA) is 96.5 Å². The van der Waals surface area contributed by atoms with Crippen molar-refractivity contribution in [2.45, 2.75) is 6.92 Å². The van der Waals surface area contributed by atoms with Gasteiger partial charge in [-0.15, -0.1) is 0 Å². The van der Waals surface area contributed by atoms with Gasteiger partial charge in [-0.3, -0.25) is 9.59 Å². The molecule has 0 saturated carbocycles. The van der Waals surface area contributed by atoms with E-state index in [0.717, 1.165) is 12.2 Å². The summed E-state index contributed by atoms with van der Waals surface area (Å²) in [7, 11) is 0. The van der Waals surface area contributed by atoms with Gasteiger partial charge in [0.1, 0.15) is 5.82 Å². The summed E-state index contributed by atoms with van der Waals surface area (Å²) in [6.07, 6.45) is 4.70. The number of carbonyl (C=O) groups is 3. The number of aromatic nitrogens is 1. The largest absolute Gasteiger partial charge is 0.502 e. The number of carbonyl (C=O) groups excluding carboxylic acids is 3. The summed E-state index contributed by atoms with van der Waals surface area (Å²) in [5.74, 6) is -3.14. The molecule has 1 heterocycles. The summed E-state index contributed by atoms with van der Waals surface area (Å²) >= 11 is 0. The first kappa shape index (κ1) is 18.9. The van der Waals surface area contributed by atoms with Gasteiger partial charge >= 0.3 is 5.97 Å². The molecule has 2 N–H and O–H groups in total. The molecule has 0 aliphatic heterocycles. The van der Waals surface area contributed by atoms with E-state index in [1.807, 2.05) is 0 Å². The number of aromatic amines is 1. The minimum absolute atomic E-state index is 0.0775. The zero-order valence-corrected chi connectivity index (χ0v) is 13.9. The van der Waals surface area contributed by atoms with Crippen molar-refractivity contribution in [2.75, 3.05) is 6.61 Å². The van der Waals surface area contributed by atoms with Gasteiger partial charge < -0.3 is 14.8 Å². The Balaban J connectivity index is 2.05. The molecule has 1 aromatic carbocycles. The van der Waals surface area contributed by atoms with Gasteiger partial charge in [0.05, 0.1) is 6.61 Å². The minimum atomic E-state index is -0.985. The average Bonchev–Trinajstić information content (AvgIpc) is 3.09. The van der Waals surface area contributed by atoms with Crippen LogP contribution in [0.25, 0.3) is 6.08 Å². The van der Waals surface area contributed by atoms with Crippen molar-refractivity contribution < 1.29 is 28.6 Å². The number of allylic oxidation sites excluding steroid dienone is 2. The number of hydrogen-bond acceptors (Lipinski definition) is 5. The molecular weight excluding hydrogens is 341 g/mol. The average molecular weight is 357 g/mol. The Kier molecular flexibility index (Phi) is 6.21. The van der Waals surface area contributed by atoms with E-state index in [9.17, 15) is 23.9 Å². The lowest BCUT2D eigenvalue weighted by Gasteiger charge is -1.98. The van der Waals surface area contributed by atoms with Crippen LogP contribution >= 0.6 is 0 Å². The minimum Gasteiger partial charge on any atom is -0.502 e. The fraction of sp³-hybridized carbons (Fsp3) is 0.105. The highest BCUT2D eigenvalue weighted by atomic mass is 19.1. The second kappa shape index (κ2) is 8.57. The Hall–Kier alpha value is -3.48. The highest BCUT2D eigenvalue weighted by Crippen LogP contribution is 2.13. The molecular formula is C19H16FNO5. The van der Waals surface area contributed by atoms with Crippen LogP contribution in [0.5, 0.6) is 0 Å². The Morgan fingerprint density at radius 1 is 1.19 bits per heavy atom. The van der Waals surface area contributed by atoms with E-state index in [0.29, 0.717) is 16.8 Å². The van der Waals surface area contributed by atoms with E-state index >= 15 is 0 Å². The van der Waals surface area contributed by atoms with Gasteiger partial charge in [-0.1, -0.05) is 0 Å². The van der Waals surface area contributed by atoms with Crippen LogP contribution < -0.4 is 0 Å². The SMILES string of the molecule is CCOC(=O)/C(O)=C/C(=O)/C=C/c1cc(C(=O)c2ccc(F)cc2)c[nH]1. The summed E-state index contributed by atoms with van der Waals surface area (Å²) in [5, 5.41) is 9.39. The van der Waals surface area contributed by atoms with Gasteiger partial charge in [-0.2, -0.15) is 0 Å². The van der Waals surface area contributed by atoms with E-state index in [1.165, 1.54) is 42.6 Å². The Morgan fingerprint density at radius 2 is 1.88 bits per heavy atom. The van der Waals surface area contributed by atoms with Crippen LogP contribution in [0, 0.1) is 5.82 Å². The molecule has 0 spiro atoms. The number of nitrogens with one attached hydrogen (secondary N) is 1. The van der Waals surface area contributed by atoms with Crippen LogP contribution in [0.15, 0.2) is 54.4 Å². The van der Waals surface area contributed by atoms with Crippen LogP contribution in [0.3, 0.4) is 0 Å². The monoisotopic (exact) mass is 357 g/mol. The fourth-order valence-corrected chi connectivity index (χ4v) is 2.03. The third-order valence-corrected chi connectivity index (χ3v) is 3.26. The lowest BCUT2D eigenvalue weighted by molar-refractivity contribution is -0.141. The molecule has 0 fully saturated rings. The molecule has 7 heteroatoms. The normalized spacial score (nSPS) is 11.5. The van der Waals surface area contributed by atoms with Gasteiger partial charge in [0.2, 0.25) is 5.76 Å². The number of ether oxygens (including phenoxy) is 1. The van der Waals surface area contributed by atoms with Gasteiger partial charge in [-0.05, 0) is 49.4 Å². The van der Waals surface area contributed by atoms with Crippen LogP contribution in [-0.4, -0.2) is 34.2 Å². The van der Waals surface area contributed by atoms with Gasteiger partial charge in [0, 0.05) is 29.1 Å². The maximum Gasteiger partial charge on any atom is 0.373 e. The number of aliphatic hydroxyl groups excluding tert-OH is 1. The van der Waals surface area contributed by atoms with Crippen molar-refractivity contribution in [3.05, 3.63) is 77.1 Å². The molecule has 1 aromatic heterocycles. The molecule has 6 nitrogen and oxygen atoms in total. The Bertz CT molecular complexity index is 878. The van der Waals surface area contributed by atoms with E-state index in [2.05, 4.69) is 9.72 Å². The summed E-state index contributed by atoms with van der Waals surface area (Å²) in [5.41, 5.74) is 1.14. The number of esters is 1. The molecule has 134 valence electrons. The standard InChI is InChI=1S/C19H16FNO5/c1-2-26-19(25)17(23)10-16(22)8-7-15-9-13(11-21-15)18(24)12-3-5-14(20)6-4-12/h3-11,21,23H,2H2,1H3/b8-7+,17-10-. The first-order valence-electron chi connectivity index (χ1n) is 7.69. The van der Waals surface area contributed by atoms with Crippen LogP contribution in [0.2, 0.25) is 0 Å². The highest BCUT2D eigenvalue weighted by Gasteiger charge is 2.11. The third-order valence-electron chi connectivity index (χ3n) is 3.26. The first-order valence-corrected chi connectivity index (χ1v) is 7.69. The first-order chi connectivity index (χ1) is 12.4. The second-order valence-electron chi connectivity index (χ2n) is 5.17. The van der Waals surface area contributed by atoms with Gasteiger partial charge in [0.25, 0.3) is 0 Å². The maximum atomic E-state index is 12.9. The van der Waals surface area contributed by atoms with Gasteiger partial charge in [-0.25, -0.2) is 9.18 Å². The predicted octanol–water partition coefficient (Wildman–Crippen LogP) is 2.97. The van der Waals surface area contributed by atoms with Crippen molar-refractivity contribution in [2.24, 2.45) is 0 Å². The number of rotatable bonds is 7. The maximum absolute atomic E-state index is 12.9. The summed E-state index contributed by atoms with van der Waals surface area (Å²) < 4.78 is 17.5. The zero-order valence-electron chi connectivity index (χ0n) is 13.9. The van der Waals surface area contributed by atoms with E-state index < -0.39 is 23.3 Å². The van der Waals surface area contributed by atoms with Crippen molar-refractivity contribution in [1.82, 2.24) is 4.98 Å². The van der Waals surface area contributed by atoms with E-state index in [-0.39, 0.29) is 12.4 Å². The molecule has 0 aliphatic carbocycles. The van der Waals surface area contributed by atoms with E-state index in [1.54, 1.807) is 6.92 Å². The number of ketones is 2. The lowest BCUT2D eigenvalue weighted by atomic mass is 10.1. The Labute approximate surface area is 148 Å². The molecule has 0 atom stereocenters. The predicted molar refractivity (Wildman–Crippen MR) is 92.0 cm³/mol. The fourth-order valence-electron chi connectivity index (χ4n) is 2.03. The molecule has 26 heavy (non-hydrogen) atoms. The van der Waals surface area contributed by atoms with Crippen LogP contribution in [0.4, 0.5) is 4.39 Å². The van der Waals surface area contributed by atoms with Gasteiger partial charge in [0.15, 0.2) is 11.6 Å². The number of hydrogen-bond donors (Lipinski definition) is 2.